The third-order valence-corrected chi connectivity index (χ3v) is 9.64. The second kappa shape index (κ2) is 11.1. The Morgan fingerprint density at radius 1 is 1.07 bits per heavy atom. The summed E-state index contributed by atoms with van der Waals surface area (Å²) in [5, 5.41) is 6.55. The van der Waals surface area contributed by atoms with E-state index in [2.05, 4.69) is 15.5 Å². The maximum absolute atomic E-state index is 13.3. The molecule has 0 radical (unpaired) electrons. The molecule has 0 spiro atoms. The number of likely N-dealkylation sites (N-methyl/N-ethyl adjacent to an activating group) is 1. The number of carbonyl (C=O) groups is 1. The number of piperidine rings is 1. The molecule has 10 nitrogen and oxygen atoms in total. The van der Waals surface area contributed by atoms with Crippen LogP contribution in [0.5, 0.6) is 0 Å². The Kier molecular flexibility index (Phi) is 7.97. The molecule has 2 aromatic rings. The van der Waals surface area contributed by atoms with E-state index in [0.29, 0.717) is 23.0 Å². The zero-order valence-corrected chi connectivity index (χ0v) is 23.3. The number of carbonyl (C=O) groups excluding carboxylic acids is 1. The first kappa shape index (κ1) is 28.6. The monoisotopic (exact) mass is 581 g/mol. The van der Waals surface area contributed by atoms with E-state index in [4.69, 9.17) is 4.98 Å². The van der Waals surface area contributed by atoms with Gasteiger partial charge in [0.1, 0.15) is 11.9 Å². The average molecular weight is 582 g/mol. The van der Waals surface area contributed by atoms with Crippen LogP contribution in [0, 0.1) is 0 Å². The molecule has 14 heteroatoms. The van der Waals surface area contributed by atoms with E-state index >= 15 is 0 Å². The molecule has 40 heavy (non-hydrogen) atoms. The third kappa shape index (κ3) is 5.90. The van der Waals surface area contributed by atoms with E-state index in [1.165, 1.54) is 21.3 Å². The topological polar surface area (TPSA) is 101 Å². The molecule has 1 atom stereocenters. The van der Waals surface area contributed by atoms with Gasteiger partial charge >= 0.3 is 6.18 Å². The van der Waals surface area contributed by atoms with Crippen molar-refractivity contribution in [3.63, 3.8) is 0 Å². The second-order valence-electron chi connectivity index (χ2n) is 10.4. The first-order chi connectivity index (χ1) is 18.9. The molecule has 218 valence electrons. The van der Waals surface area contributed by atoms with Gasteiger partial charge < -0.3 is 20.4 Å². The number of nitrogens with zero attached hydrogens (tertiary/aromatic N) is 5. The van der Waals surface area contributed by atoms with E-state index in [-0.39, 0.29) is 49.1 Å². The minimum Gasteiger partial charge on any atom is -0.340 e. The highest BCUT2D eigenvalue weighted by Crippen LogP contribution is 2.38. The van der Waals surface area contributed by atoms with Gasteiger partial charge in [0.25, 0.3) is 0 Å². The van der Waals surface area contributed by atoms with Crippen molar-refractivity contribution in [1.82, 2.24) is 19.5 Å². The zero-order valence-electron chi connectivity index (χ0n) is 22.5. The molecule has 2 N–H and O–H groups in total. The summed E-state index contributed by atoms with van der Waals surface area (Å²) in [6, 6.07) is 9.71. The molecule has 0 saturated carbocycles. The molecular formula is C26H34F3N7O3S. The fraction of sp³-hybridized carbons (Fsp3) is 0.538. The minimum absolute atomic E-state index is 0.00527. The Balaban J connectivity index is 1.35. The Morgan fingerprint density at radius 3 is 2.45 bits per heavy atom. The van der Waals surface area contributed by atoms with Crippen molar-refractivity contribution >= 4 is 38.9 Å². The highest BCUT2D eigenvalue weighted by molar-refractivity contribution is 7.89. The number of hydrogen-bond donors (Lipinski definition) is 2. The summed E-state index contributed by atoms with van der Waals surface area (Å²) in [7, 11) is -2.16. The van der Waals surface area contributed by atoms with Crippen LogP contribution in [0.1, 0.15) is 19.8 Å². The van der Waals surface area contributed by atoms with Crippen LogP contribution in [-0.2, 0) is 14.8 Å². The average Bonchev–Trinajstić information content (AvgIpc) is 2.92. The van der Waals surface area contributed by atoms with Crippen LogP contribution < -0.4 is 20.4 Å². The summed E-state index contributed by atoms with van der Waals surface area (Å²) in [6.07, 6.45) is -2.53. The summed E-state index contributed by atoms with van der Waals surface area (Å²) >= 11 is 0. The molecule has 0 bridgehead atoms. The largest absolute Gasteiger partial charge is 0.401 e. The summed E-state index contributed by atoms with van der Waals surface area (Å²) in [5.41, 5.74) is 1.22. The van der Waals surface area contributed by atoms with Crippen LogP contribution in [0.3, 0.4) is 0 Å². The molecule has 0 aliphatic carbocycles. The second-order valence-corrected chi connectivity index (χ2v) is 12.4. The van der Waals surface area contributed by atoms with Gasteiger partial charge in [0.05, 0.1) is 17.1 Å². The first-order valence-electron chi connectivity index (χ1n) is 13.4. The van der Waals surface area contributed by atoms with Gasteiger partial charge in [-0.25, -0.2) is 13.4 Å². The molecule has 2 saturated heterocycles. The van der Waals surface area contributed by atoms with Gasteiger partial charge in [-0.2, -0.15) is 17.5 Å². The van der Waals surface area contributed by atoms with Crippen LogP contribution >= 0.6 is 0 Å². The zero-order chi connectivity index (χ0) is 28.7. The molecule has 5 rings (SSSR count). The summed E-state index contributed by atoms with van der Waals surface area (Å²) in [5.74, 6) is 1.21. The molecule has 3 aliphatic rings. The number of fused-ring (bicyclic) bond motifs is 1. The van der Waals surface area contributed by atoms with Crippen LogP contribution in [0.2, 0.25) is 0 Å². The van der Waals surface area contributed by atoms with Crippen molar-refractivity contribution in [2.75, 3.05) is 68.0 Å². The van der Waals surface area contributed by atoms with Crippen molar-refractivity contribution in [2.24, 2.45) is 0 Å². The Hall–Kier alpha value is -2.94. The minimum atomic E-state index is -4.32. The lowest BCUT2D eigenvalue weighted by Gasteiger charge is -2.45. The highest BCUT2D eigenvalue weighted by Gasteiger charge is 2.39. The highest BCUT2D eigenvalue weighted by atomic mass is 32.2. The predicted octanol–water partition coefficient (Wildman–Crippen LogP) is 2.62. The first-order valence-corrected chi connectivity index (χ1v) is 14.8. The number of amides is 1. The van der Waals surface area contributed by atoms with Crippen LogP contribution in [-0.4, -0.2) is 99.6 Å². The molecule has 2 fully saturated rings. The predicted molar refractivity (Wildman–Crippen MR) is 146 cm³/mol. The van der Waals surface area contributed by atoms with Crippen LogP contribution in [0.25, 0.3) is 0 Å². The number of nitrogens with one attached hydrogen (secondary N) is 2. The number of pyridine rings is 1. The van der Waals surface area contributed by atoms with E-state index in [1.807, 2.05) is 13.0 Å². The van der Waals surface area contributed by atoms with Crippen molar-refractivity contribution in [3.05, 3.63) is 36.4 Å². The van der Waals surface area contributed by atoms with E-state index in [1.54, 1.807) is 30.1 Å². The summed E-state index contributed by atoms with van der Waals surface area (Å²) in [4.78, 5) is 22.8. The molecular weight excluding hydrogens is 547 g/mol. The maximum Gasteiger partial charge on any atom is 0.401 e. The number of benzene rings is 1. The van der Waals surface area contributed by atoms with Crippen molar-refractivity contribution in [3.8, 4) is 0 Å². The van der Waals surface area contributed by atoms with Gasteiger partial charge in [-0.1, -0.05) is 6.07 Å². The Labute approximate surface area is 232 Å². The molecule has 1 amide bonds. The number of halogens is 3. The number of hydrogen-bond acceptors (Lipinski definition) is 8. The molecule has 1 aromatic heterocycles. The number of alkyl halides is 3. The SMILES string of the molecule is C[C@@H]1C(=O)N(C)c2ccc(Nc3cccc(S(=O)(=O)N4CCN(CC(F)(F)F)CC4)c3)nc2N1C1CCNCC1. The van der Waals surface area contributed by atoms with Gasteiger partial charge in [0.15, 0.2) is 5.82 Å². The lowest BCUT2D eigenvalue weighted by Crippen LogP contribution is -2.56. The van der Waals surface area contributed by atoms with Crippen LogP contribution in [0.4, 0.5) is 36.2 Å². The number of anilines is 4. The lowest BCUT2D eigenvalue weighted by atomic mass is 10.00. The Bertz CT molecular complexity index is 1340. The molecule has 4 heterocycles. The number of rotatable bonds is 6. The van der Waals surface area contributed by atoms with Gasteiger partial charge in [-0.3, -0.25) is 9.69 Å². The van der Waals surface area contributed by atoms with Gasteiger partial charge in [0.2, 0.25) is 15.9 Å². The van der Waals surface area contributed by atoms with Crippen LogP contribution in [0.15, 0.2) is 41.3 Å². The number of piperazine rings is 1. The summed E-state index contributed by atoms with van der Waals surface area (Å²) < 4.78 is 66.0. The number of sulfonamides is 1. The van der Waals surface area contributed by atoms with Gasteiger partial charge in [-0.15, -0.1) is 0 Å². The molecule has 3 aliphatic heterocycles. The van der Waals surface area contributed by atoms with Crippen molar-refractivity contribution < 1.29 is 26.4 Å². The fourth-order valence-corrected chi connectivity index (χ4v) is 7.12. The van der Waals surface area contributed by atoms with Gasteiger partial charge in [0, 0.05) is 45.0 Å². The lowest BCUT2D eigenvalue weighted by molar-refractivity contribution is -0.148. The smallest absolute Gasteiger partial charge is 0.340 e. The van der Waals surface area contributed by atoms with E-state index in [9.17, 15) is 26.4 Å². The van der Waals surface area contributed by atoms with E-state index < -0.39 is 22.7 Å². The fourth-order valence-electron chi connectivity index (χ4n) is 5.65. The normalized spacial score (nSPS) is 21.9. The molecule has 0 unspecified atom stereocenters. The third-order valence-electron chi connectivity index (χ3n) is 7.75. The quantitative estimate of drug-likeness (QED) is 0.537. The summed E-state index contributed by atoms with van der Waals surface area (Å²) in [6.45, 7) is 2.57. The number of aromatic nitrogens is 1. The van der Waals surface area contributed by atoms with Crippen molar-refractivity contribution in [1.29, 1.82) is 0 Å². The van der Waals surface area contributed by atoms with Gasteiger partial charge in [-0.05, 0) is 63.2 Å². The standard InChI is InChI=1S/C26H34F3N7O3S/c1-18-25(37)33(2)22-6-7-23(32-24(22)36(18)20-8-10-30-11-9-20)31-19-4-3-5-21(16-19)40(38,39)35-14-12-34(13-15-35)17-26(27,28)29/h3-7,16,18,20,30H,8-15,17H2,1-2H3,(H,31,32)/t18-/m1/s1. The maximum atomic E-state index is 13.3. The van der Waals surface area contributed by atoms with E-state index in [0.717, 1.165) is 25.9 Å². The molecule has 1 aromatic carbocycles. The Morgan fingerprint density at radius 2 is 1.77 bits per heavy atom. The van der Waals surface area contributed by atoms with Crippen molar-refractivity contribution in [2.45, 2.75) is 42.9 Å².